The van der Waals surface area contributed by atoms with E-state index in [4.69, 9.17) is 4.42 Å². The molecule has 0 bridgehead atoms. The summed E-state index contributed by atoms with van der Waals surface area (Å²) in [5.74, 6) is 0.262. The average Bonchev–Trinajstić information content (AvgIpc) is 3.44. The van der Waals surface area contributed by atoms with E-state index in [1.807, 2.05) is 80.0 Å². The summed E-state index contributed by atoms with van der Waals surface area (Å²) >= 11 is 0. The first-order valence-corrected chi connectivity index (χ1v) is 11.8. The van der Waals surface area contributed by atoms with Crippen LogP contribution in [0.5, 0.6) is 0 Å². The van der Waals surface area contributed by atoms with Gasteiger partial charge in [0.1, 0.15) is 11.3 Å². The van der Waals surface area contributed by atoms with Crippen LogP contribution in [-0.4, -0.2) is 13.4 Å². The first-order chi connectivity index (χ1) is 15.5. The van der Waals surface area contributed by atoms with E-state index in [1.165, 1.54) is 0 Å². The zero-order valence-electron chi connectivity index (χ0n) is 17.4. The maximum absolute atomic E-state index is 13.3. The van der Waals surface area contributed by atoms with Gasteiger partial charge in [-0.05, 0) is 48.4 Å². The minimum Gasteiger partial charge on any atom is -0.458 e. The van der Waals surface area contributed by atoms with Crippen LogP contribution >= 0.6 is 0 Å². The number of hydrogen-bond acceptors (Lipinski definition) is 3. The zero-order valence-corrected chi connectivity index (χ0v) is 18.3. The summed E-state index contributed by atoms with van der Waals surface area (Å²) in [5.41, 5.74) is 4.06. The zero-order chi connectivity index (χ0) is 22.1. The first-order valence-electron chi connectivity index (χ1n) is 10.3. The third kappa shape index (κ3) is 3.69. The Hall–Kier alpha value is -3.77. The Labute approximate surface area is 186 Å². The van der Waals surface area contributed by atoms with Crippen molar-refractivity contribution in [2.45, 2.75) is 17.7 Å². The van der Waals surface area contributed by atoms with Crippen molar-refractivity contribution in [3.8, 4) is 0 Å². The molecular formula is C26H22N2O3S. The van der Waals surface area contributed by atoms with Crippen LogP contribution < -0.4 is 4.72 Å². The van der Waals surface area contributed by atoms with Crippen molar-refractivity contribution >= 4 is 26.7 Å². The van der Waals surface area contributed by atoms with E-state index in [9.17, 15) is 8.42 Å². The van der Waals surface area contributed by atoms with Gasteiger partial charge < -0.3 is 9.40 Å². The van der Waals surface area contributed by atoms with Crippen LogP contribution in [0.15, 0.2) is 107 Å². The molecule has 0 fully saturated rings. The van der Waals surface area contributed by atoms with Gasteiger partial charge in [0, 0.05) is 17.8 Å². The normalized spacial score (nSPS) is 12.7. The molecule has 0 saturated heterocycles. The van der Waals surface area contributed by atoms with E-state index in [1.54, 1.807) is 24.3 Å². The molecule has 32 heavy (non-hydrogen) atoms. The van der Waals surface area contributed by atoms with Crippen molar-refractivity contribution in [2.24, 2.45) is 0 Å². The van der Waals surface area contributed by atoms with Crippen molar-refractivity contribution < 1.29 is 12.8 Å². The quantitative estimate of drug-likeness (QED) is 0.336. The second-order valence-electron chi connectivity index (χ2n) is 7.74. The second kappa shape index (κ2) is 8.05. The van der Waals surface area contributed by atoms with E-state index in [2.05, 4.69) is 9.71 Å². The Kier molecular flexibility index (Phi) is 5.07. The molecule has 5 nitrogen and oxygen atoms in total. The third-order valence-corrected chi connectivity index (χ3v) is 6.91. The van der Waals surface area contributed by atoms with Crippen molar-refractivity contribution in [1.29, 1.82) is 0 Å². The third-order valence-electron chi connectivity index (χ3n) is 5.54. The second-order valence-corrected chi connectivity index (χ2v) is 9.43. The topological polar surface area (TPSA) is 75.1 Å². The van der Waals surface area contributed by atoms with Crippen molar-refractivity contribution in [1.82, 2.24) is 4.98 Å². The molecule has 0 aliphatic heterocycles. The number of benzene rings is 3. The van der Waals surface area contributed by atoms with Gasteiger partial charge in [-0.15, -0.1) is 0 Å². The largest absolute Gasteiger partial charge is 0.458 e. The molecule has 1 atom stereocenters. The number of H-pyrrole nitrogens is 1. The van der Waals surface area contributed by atoms with Crippen molar-refractivity contribution in [3.05, 3.63) is 120 Å². The molecule has 0 aliphatic carbocycles. The highest BCUT2D eigenvalue weighted by atomic mass is 32.2. The van der Waals surface area contributed by atoms with E-state index in [0.717, 1.165) is 22.1 Å². The van der Waals surface area contributed by atoms with Crippen LogP contribution in [0.2, 0.25) is 0 Å². The van der Waals surface area contributed by atoms with Gasteiger partial charge in [-0.1, -0.05) is 60.2 Å². The maximum Gasteiger partial charge on any atom is 0.262 e. The predicted molar refractivity (Wildman–Crippen MR) is 126 cm³/mol. The van der Waals surface area contributed by atoms with Gasteiger partial charge >= 0.3 is 0 Å². The molecule has 3 aromatic carbocycles. The monoisotopic (exact) mass is 442 g/mol. The fourth-order valence-electron chi connectivity index (χ4n) is 3.94. The molecular weight excluding hydrogens is 420 g/mol. The summed E-state index contributed by atoms with van der Waals surface area (Å²) in [6, 6.07) is 26.2. The lowest BCUT2D eigenvalue weighted by Crippen LogP contribution is -2.15. The fourth-order valence-corrected chi connectivity index (χ4v) is 5.03. The molecule has 0 aliphatic rings. The lowest BCUT2D eigenvalue weighted by Gasteiger charge is -2.17. The number of sulfonamides is 1. The van der Waals surface area contributed by atoms with E-state index < -0.39 is 10.0 Å². The number of rotatable bonds is 6. The molecule has 5 rings (SSSR count). The molecule has 2 heterocycles. The summed E-state index contributed by atoms with van der Waals surface area (Å²) in [5, 5.41) is 0.717. The fraction of sp³-hybridized carbons (Fsp3) is 0.0769. The molecule has 0 saturated carbocycles. The summed E-state index contributed by atoms with van der Waals surface area (Å²) in [6.45, 7) is 1.92. The van der Waals surface area contributed by atoms with Gasteiger partial charge in [0.2, 0.25) is 0 Å². The number of fused-ring (bicyclic) bond motifs is 1. The number of furan rings is 1. The molecule has 6 heteroatoms. The average molecular weight is 443 g/mol. The van der Waals surface area contributed by atoms with Crippen molar-refractivity contribution in [3.63, 3.8) is 0 Å². The number of hydrogen-bond donors (Lipinski definition) is 2. The molecule has 2 N–H and O–H groups in total. The highest BCUT2D eigenvalue weighted by Gasteiger charge is 2.29. The van der Waals surface area contributed by atoms with Crippen LogP contribution in [0, 0.1) is 6.92 Å². The standard InChI is InChI=1S/C26H22N2O3S/c1-18-11-13-21(14-12-18)32(29,30)28-25-22-9-5-6-10-23(22)31-26(25)24(20-15-16-27-17-20)19-7-3-2-4-8-19/h2-17,24,27-28H,1H3. The number of nitrogens with one attached hydrogen (secondary N) is 2. The maximum atomic E-state index is 13.3. The van der Waals surface area contributed by atoms with Crippen LogP contribution in [0.4, 0.5) is 5.69 Å². The molecule has 0 amide bonds. The van der Waals surface area contributed by atoms with Crippen LogP contribution in [0.3, 0.4) is 0 Å². The minimum absolute atomic E-state index is 0.206. The smallest absolute Gasteiger partial charge is 0.262 e. The van der Waals surface area contributed by atoms with Crippen LogP contribution in [-0.2, 0) is 10.0 Å². The minimum atomic E-state index is -3.82. The van der Waals surface area contributed by atoms with Gasteiger partial charge in [-0.25, -0.2) is 8.42 Å². The lowest BCUT2D eigenvalue weighted by molar-refractivity contribution is 0.543. The predicted octanol–water partition coefficient (Wildman–Crippen LogP) is 6.05. The van der Waals surface area contributed by atoms with Crippen molar-refractivity contribution in [2.75, 3.05) is 4.72 Å². The van der Waals surface area contributed by atoms with Gasteiger partial charge in [0.25, 0.3) is 10.0 Å². The van der Waals surface area contributed by atoms with Crippen LogP contribution in [0.25, 0.3) is 11.0 Å². The van der Waals surface area contributed by atoms with Gasteiger partial charge in [-0.2, -0.15) is 0 Å². The molecule has 5 aromatic rings. The SMILES string of the molecule is Cc1ccc(S(=O)(=O)Nc2c(C(c3ccccc3)c3cc[nH]c3)oc3ccccc23)cc1. The highest BCUT2D eigenvalue weighted by Crippen LogP contribution is 2.42. The molecule has 0 radical (unpaired) electrons. The van der Waals surface area contributed by atoms with E-state index >= 15 is 0 Å². The number of aromatic nitrogens is 1. The van der Waals surface area contributed by atoms with Gasteiger partial charge in [-0.3, -0.25) is 4.72 Å². The highest BCUT2D eigenvalue weighted by molar-refractivity contribution is 7.92. The van der Waals surface area contributed by atoms with Gasteiger partial charge in [0.05, 0.1) is 16.5 Å². The Morgan fingerprint density at radius 1 is 0.844 bits per heavy atom. The van der Waals surface area contributed by atoms with Crippen LogP contribution in [0.1, 0.15) is 28.4 Å². The summed E-state index contributed by atoms with van der Waals surface area (Å²) in [4.78, 5) is 3.31. The Balaban J connectivity index is 1.70. The Bertz CT molecular complexity index is 1450. The molecule has 2 aromatic heterocycles. The number of para-hydroxylation sites is 1. The van der Waals surface area contributed by atoms with E-state index in [-0.39, 0.29) is 10.8 Å². The summed E-state index contributed by atoms with van der Waals surface area (Å²) in [6.07, 6.45) is 3.76. The number of aryl methyl sites for hydroxylation is 1. The molecule has 1 unspecified atom stereocenters. The lowest BCUT2D eigenvalue weighted by atomic mass is 9.90. The Morgan fingerprint density at radius 2 is 1.56 bits per heavy atom. The summed E-state index contributed by atoms with van der Waals surface area (Å²) in [7, 11) is -3.82. The number of aromatic amines is 1. The number of anilines is 1. The molecule has 160 valence electrons. The first kappa shape index (κ1) is 20.2. The Morgan fingerprint density at radius 3 is 2.28 bits per heavy atom. The van der Waals surface area contributed by atoms with Gasteiger partial charge in [0.15, 0.2) is 0 Å². The molecule has 0 spiro atoms. The summed E-state index contributed by atoms with van der Waals surface area (Å²) < 4.78 is 35.7. The van der Waals surface area contributed by atoms with E-state index in [0.29, 0.717) is 17.0 Å².